The second-order valence-corrected chi connectivity index (χ2v) is 7.93. The molecule has 0 aliphatic rings. The first kappa shape index (κ1) is 26.2. The maximum atomic E-state index is 10.4. The van der Waals surface area contributed by atoms with Crippen molar-refractivity contribution >= 4 is 5.97 Å². The Morgan fingerprint density at radius 2 is 0.852 bits per heavy atom. The monoisotopic (exact) mass is 382 g/mol. The molecule has 0 bridgehead atoms. The molecule has 0 aromatic carbocycles. The number of carboxylic acids is 1. The molecule has 160 valence electrons. The van der Waals surface area contributed by atoms with Crippen LogP contribution in [0, 0.1) is 0 Å². The van der Waals surface area contributed by atoms with Gasteiger partial charge < -0.3 is 10.2 Å². The minimum atomic E-state index is -0.667. The summed E-state index contributed by atoms with van der Waals surface area (Å²) in [5, 5.41) is 17.3. The summed E-state index contributed by atoms with van der Waals surface area (Å²) in [4.78, 5) is 10.4. The number of aliphatic carboxylic acids is 1. The normalized spacial score (nSPS) is 11.4. The standard InChI is InChI=1S/C24H46O3/c25-23-21-19-17-15-13-11-9-7-5-3-1-2-4-6-8-10-12-14-16-18-20-22-24(26)27/h6,8,25H,1-5,7,9-23H2,(H,26,27). The Morgan fingerprint density at radius 3 is 1.22 bits per heavy atom. The van der Waals surface area contributed by atoms with Crippen molar-refractivity contribution in [3.63, 3.8) is 0 Å². The van der Waals surface area contributed by atoms with Gasteiger partial charge >= 0.3 is 5.97 Å². The van der Waals surface area contributed by atoms with Crippen LogP contribution in [0.2, 0.25) is 0 Å². The van der Waals surface area contributed by atoms with E-state index in [1.807, 2.05) is 0 Å². The van der Waals surface area contributed by atoms with Crippen LogP contribution >= 0.6 is 0 Å². The maximum absolute atomic E-state index is 10.4. The minimum absolute atomic E-state index is 0.325. The third kappa shape index (κ3) is 25.2. The molecule has 27 heavy (non-hydrogen) atoms. The zero-order valence-electron chi connectivity index (χ0n) is 17.8. The molecule has 3 heteroatoms. The minimum Gasteiger partial charge on any atom is -0.481 e. The van der Waals surface area contributed by atoms with Crippen LogP contribution < -0.4 is 0 Å². The average molecular weight is 383 g/mol. The van der Waals surface area contributed by atoms with Crippen molar-refractivity contribution in [1.29, 1.82) is 0 Å². The number of aliphatic hydroxyl groups excluding tert-OH is 1. The molecule has 0 unspecified atom stereocenters. The highest BCUT2D eigenvalue weighted by atomic mass is 16.4. The van der Waals surface area contributed by atoms with Crippen LogP contribution in [0.25, 0.3) is 0 Å². The van der Waals surface area contributed by atoms with E-state index in [1.165, 1.54) is 103 Å². The van der Waals surface area contributed by atoms with Gasteiger partial charge in [-0.05, 0) is 38.5 Å². The van der Waals surface area contributed by atoms with Gasteiger partial charge in [0.1, 0.15) is 0 Å². The molecule has 0 aliphatic carbocycles. The fourth-order valence-electron chi connectivity index (χ4n) is 3.45. The van der Waals surface area contributed by atoms with Crippen molar-refractivity contribution in [3.05, 3.63) is 12.2 Å². The summed E-state index contributed by atoms with van der Waals surface area (Å²) < 4.78 is 0. The first-order valence-corrected chi connectivity index (χ1v) is 11.7. The van der Waals surface area contributed by atoms with Gasteiger partial charge in [0.2, 0.25) is 0 Å². The van der Waals surface area contributed by atoms with E-state index in [0.717, 1.165) is 19.3 Å². The number of rotatable bonds is 22. The lowest BCUT2D eigenvalue weighted by Crippen LogP contribution is -1.93. The van der Waals surface area contributed by atoms with Crippen molar-refractivity contribution in [2.24, 2.45) is 0 Å². The number of carboxylic acid groups (broad SMARTS) is 1. The SMILES string of the molecule is O=C(O)CCCCCCCC=CCCCCCCCCCCCCCCO. The van der Waals surface area contributed by atoms with Gasteiger partial charge in [-0.1, -0.05) is 95.6 Å². The van der Waals surface area contributed by atoms with Gasteiger partial charge in [-0.3, -0.25) is 4.79 Å². The Bertz CT molecular complexity index is 326. The van der Waals surface area contributed by atoms with E-state index in [1.54, 1.807) is 0 Å². The fourth-order valence-corrected chi connectivity index (χ4v) is 3.45. The van der Waals surface area contributed by atoms with Gasteiger partial charge in [-0.2, -0.15) is 0 Å². The summed E-state index contributed by atoms with van der Waals surface area (Å²) in [6.45, 7) is 0.355. The quantitative estimate of drug-likeness (QED) is 0.151. The van der Waals surface area contributed by atoms with Crippen molar-refractivity contribution < 1.29 is 15.0 Å². The van der Waals surface area contributed by atoms with Crippen molar-refractivity contribution in [2.45, 2.75) is 128 Å². The molecule has 0 saturated heterocycles. The van der Waals surface area contributed by atoms with E-state index in [0.29, 0.717) is 13.0 Å². The van der Waals surface area contributed by atoms with Gasteiger partial charge in [0, 0.05) is 13.0 Å². The van der Waals surface area contributed by atoms with Gasteiger partial charge in [0.15, 0.2) is 0 Å². The molecule has 0 heterocycles. The Balaban J connectivity index is 3.07. The second-order valence-electron chi connectivity index (χ2n) is 7.93. The highest BCUT2D eigenvalue weighted by Gasteiger charge is 1.96. The van der Waals surface area contributed by atoms with Gasteiger partial charge in [0.25, 0.3) is 0 Å². The van der Waals surface area contributed by atoms with Crippen LogP contribution in [0.4, 0.5) is 0 Å². The molecule has 2 N–H and O–H groups in total. The summed E-state index contributed by atoms with van der Waals surface area (Å²) in [7, 11) is 0. The van der Waals surface area contributed by atoms with Gasteiger partial charge in [-0.15, -0.1) is 0 Å². The van der Waals surface area contributed by atoms with E-state index in [-0.39, 0.29) is 0 Å². The fraction of sp³-hybridized carbons (Fsp3) is 0.875. The molecule has 0 rings (SSSR count). The number of carbonyl (C=O) groups is 1. The molecule has 0 atom stereocenters. The van der Waals surface area contributed by atoms with E-state index >= 15 is 0 Å². The number of hydrogen-bond donors (Lipinski definition) is 2. The van der Waals surface area contributed by atoms with Crippen molar-refractivity contribution in [3.8, 4) is 0 Å². The lowest BCUT2D eigenvalue weighted by molar-refractivity contribution is -0.137. The van der Waals surface area contributed by atoms with Crippen LogP contribution in [0.3, 0.4) is 0 Å². The van der Waals surface area contributed by atoms with Gasteiger partial charge in [-0.25, -0.2) is 0 Å². The maximum Gasteiger partial charge on any atom is 0.303 e. The van der Waals surface area contributed by atoms with Crippen molar-refractivity contribution in [2.75, 3.05) is 6.61 Å². The van der Waals surface area contributed by atoms with Crippen LogP contribution in [0.5, 0.6) is 0 Å². The average Bonchev–Trinajstić information content (AvgIpc) is 2.65. The number of aliphatic hydroxyl groups is 1. The first-order chi connectivity index (χ1) is 13.3. The predicted octanol–water partition coefficient (Wildman–Crippen LogP) is 7.42. The summed E-state index contributed by atoms with van der Waals surface area (Å²) in [5.74, 6) is -0.667. The smallest absolute Gasteiger partial charge is 0.303 e. The summed E-state index contributed by atoms with van der Waals surface area (Å²) >= 11 is 0. The molecule has 3 nitrogen and oxygen atoms in total. The van der Waals surface area contributed by atoms with E-state index in [9.17, 15) is 4.79 Å². The molecule has 0 fully saturated rings. The molecule has 0 aromatic rings. The molecule has 0 aliphatic heterocycles. The summed E-state index contributed by atoms with van der Waals surface area (Å²) in [5.41, 5.74) is 0. The number of unbranched alkanes of at least 4 members (excludes halogenated alkanes) is 17. The molecular weight excluding hydrogens is 336 g/mol. The van der Waals surface area contributed by atoms with Crippen LogP contribution in [0.15, 0.2) is 12.2 Å². The predicted molar refractivity (Wildman–Crippen MR) is 116 cm³/mol. The van der Waals surface area contributed by atoms with E-state index < -0.39 is 5.97 Å². The lowest BCUT2D eigenvalue weighted by Gasteiger charge is -2.02. The summed E-state index contributed by atoms with van der Waals surface area (Å²) in [6, 6.07) is 0. The van der Waals surface area contributed by atoms with E-state index in [4.69, 9.17) is 10.2 Å². The number of allylic oxidation sites excluding steroid dienone is 2. The molecule has 0 aromatic heterocycles. The van der Waals surface area contributed by atoms with Crippen LogP contribution in [-0.4, -0.2) is 22.8 Å². The highest BCUT2D eigenvalue weighted by molar-refractivity contribution is 5.66. The van der Waals surface area contributed by atoms with Crippen molar-refractivity contribution in [1.82, 2.24) is 0 Å². The van der Waals surface area contributed by atoms with Crippen LogP contribution in [-0.2, 0) is 4.79 Å². The Labute approximate surface area is 168 Å². The molecule has 0 amide bonds. The first-order valence-electron chi connectivity index (χ1n) is 11.7. The Kier molecular flexibility index (Phi) is 22.5. The highest BCUT2D eigenvalue weighted by Crippen LogP contribution is 2.13. The largest absolute Gasteiger partial charge is 0.481 e. The zero-order chi connectivity index (χ0) is 19.8. The van der Waals surface area contributed by atoms with E-state index in [2.05, 4.69) is 12.2 Å². The third-order valence-electron chi connectivity index (χ3n) is 5.21. The van der Waals surface area contributed by atoms with Gasteiger partial charge in [0.05, 0.1) is 0 Å². The van der Waals surface area contributed by atoms with Crippen LogP contribution in [0.1, 0.15) is 128 Å². The molecule has 0 spiro atoms. The Hall–Kier alpha value is -0.830. The third-order valence-corrected chi connectivity index (χ3v) is 5.21. The molecular formula is C24H46O3. The number of hydrogen-bond acceptors (Lipinski definition) is 2. The second kappa shape index (κ2) is 23.2. The molecule has 0 radical (unpaired) electrons. The lowest BCUT2D eigenvalue weighted by atomic mass is 10.0. The zero-order valence-corrected chi connectivity index (χ0v) is 17.8. The summed E-state index contributed by atoms with van der Waals surface area (Å²) in [6.07, 6.45) is 28.8. The Morgan fingerprint density at radius 1 is 0.519 bits per heavy atom. The topological polar surface area (TPSA) is 57.5 Å². The molecule has 0 saturated carbocycles.